The number of rotatable bonds is 3. The van der Waals surface area contributed by atoms with Gasteiger partial charge in [-0.3, -0.25) is 4.79 Å². The zero-order valence-electron chi connectivity index (χ0n) is 18.0. The van der Waals surface area contributed by atoms with Gasteiger partial charge >= 0.3 is 0 Å². The molecule has 0 spiro atoms. The van der Waals surface area contributed by atoms with Crippen molar-refractivity contribution in [1.82, 2.24) is 0 Å². The Bertz CT molecular complexity index is 1140. The van der Waals surface area contributed by atoms with Crippen LogP contribution in [0.1, 0.15) is 60.7 Å². The highest BCUT2D eigenvalue weighted by molar-refractivity contribution is 6.08. The molecule has 0 aromatic heterocycles. The van der Waals surface area contributed by atoms with Crippen LogP contribution in [-0.2, 0) is 6.42 Å². The van der Waals surface area contributed by atoms with Crippen LogP contribution in [0.5, 0.6) is 28.7 Å². The Labute approximate surface area is 181 Å². The lowest BCUT2D eigenvalue weighted by atomic mass is 9.84. The molecule has 0 amide bonds. The second-order valence-electron chi connectivity index (χ2n) is 8.77. The Kier molecular flexibility index (Phi) is 4.96. The zero-order chi connectivity index (χ0) is 22.5. The topological polar surface area (TPSA) is 96.2 Å². The number of phenolic OH excluding ortho intramolecular Hbond substituents is 3. The van der Waals surface area contributed by atoms with Crippen LogP contribution in [0.4, 0.5) is 0 Å². The van der Waals surface area contributed by atoms with Gasteiger partial charge in [-0.2, -0.15) is 0 Å². The predicted molar refractivity (Wildman–Crippen MR) is 117 cm³/mol. The van der Waals surface area contributed by atoms with Crippen molar-refractivity contribution in [2.45, 2.75) is 45.6 Å². The number of fused-ring (bicyclic) bond motifs is 2. The van der Waals surface area contributed by atoms with E-state index in [0.29, 0.717) is 34.6 Å². The number of ether oxygens (including phenoxy) is 2. The fraction of sp³-hybridized carbons (Fsp3) is 0.320. The number of Topliss-reactive ketones (excluding diaryl/α,β-unsaturated/α-hetero) is 1. The average molecular weight is 422 g/mol. The highest BCUT2D eigenvalue weighted by atomic mass is 16.5. The number of hydrogen-bond acceptors (Lipinski definition) is 6. The molecule has 2 heterocycles. The van der Waals surface area contributed by atoms with Crippen LogP contribution in [0.2, 0.25) is 0 Å². The summed E-state index contributed by atoms with van der Waals surface area (Å²) < 4.78 is 12.2. The fourth-order valence-electron chi connectivity index (χ4n) is 3.97. The normalized spacial score (nSPS) is 18.5. The fourth-order valence-corrected chi connectivity index (χ4v) is 3.97. The number of phenols is 3. The molecule has 0 bridgehead atoms. The van der Waals surface area contributed by atoms with Crippen molar-refractivity contribution in [3.63, 3.8) is 0 Å². The molecule has 0 unspecified atom stereocenters. The van der Waals surface area contributed by atoms with Crippen molar-refractivity contribution in [2.75, 3.05) is 6.61 Å². The van der Waals surface area contributed by atoms with Gasteiger partial charge in [0.05, 0.1) is 11.5 Å². The molecule has 2 aliphatic heterocycles. The molecule has 0 radical (unpaired) electrons. The molecular weight excluding hydrogens is 396 g/mol. The molecule has 2 aliphatic rings. The largest absolute Gasteiger partial charge is 0.508 e. The third-order valence-electron chi connectivity index (χ3n) is 5.59. The summed E-state index contributed by atoms with van der Waals surface area (Å²) in [7, 11) is 0. The summed E-state index contributed by atoms with van der Waals surface area (Å²) in [6.07, 6.45) is 6.12. The maximum Gasteiger partial charge on any atom is 0.181 e. The minimum absolute atomic E-state index is 0.00342. The Morgan fingerprint density at radius 1 is 1.19 bits per heavy atom. The van der Waals surface area contributed by atoms with Gasteiger partial charge in [0.1, 0.15) is 46.5 Å². The van der Waals surface area contributed by atoms with Crippen molar-refractivity contribution >= 4 is 11.9 Å². The maximum absolute atomic E-state index is 13.5. The highest BCUT2D eigenvalue weighted by Gasteiger charge is 2.39. The highest BCUT2D eigenvalue weighted by Crippen LogP contribution is 2.51. The van der Waals surface area contributed by atoms with E-state index in [1.807, 2.05) is 39.8 Å². The average Bonchev–Trinajstić information content (AvgIpc) is 2.67. The number of aromatic hydroxyl groups is 3. The third kappa shape index (κ3) is 3.63. The van der Waals surface area contributed by atoms with Gasteiger partial charge in [-0.25, -0.2) is 0 Å². The molecule has 31 heavy (non-hydrogen) atoms. The molecule has 2 aromatic carbocycles. The quantitative estimate of drug-likeness (QED) is 0.612. The van der Waals surface area contributed by atoms with Crippen LogP contribution < -0.4 is 9.47 Å². The zero-order valence-corrected chi connectivity index (χ0v) is 18.0. The molecule has 6 nitrogen and oxygen atoms in total. The van der Waals surface area contributed by atoms with E-state index in [1.54, 1.807) is 6.08 Å². The lowest BCUT2D eigenvalue weighted by Crippen LogP contribution is -2.31. The first-order valence-electron chi connectivity index (χ1n) is 10.2. The van der Waals surface area contributed by atoms with Gasteiger partial charge in [-0.15, -0.1) is 0 Å². The van der Waals surface area contributed by atoms with E-state index in [4.69, 9.17) is 9.47 Å². The Morgan fingerprint density at radius 3 is 2.61 bits per heavy atom. The molecule has 4 rings (SSSR count). The summed E-state index contributed by atoms with van der Waals surface area (Å²) in [6, 6.07) is 4.08. The monoisotopic (exact) mass is 422 g/mol. The Hall–Kier alpha value is -3.41. The van der Waals surface area contributed by atoms with E-state index in [-0.39, 0.29) is 35.2 Å². The van der Waals surface area contributed by atoms with Gasteiger partial charge in [0.2, 0.25) is 0 Å². The standard InChI is InChI=1S/C25H26O6/c1-13(2)5-7-17-23-16(9-10-25(3,4)31-23)21(28)20-22(29)18(12-30-24(17)20)15-8-6-14(26)11-19(15)27/h5-6,8-11,18,26-28H,7,12H2,1-4H3/t18-/m1/s1. The summed E-state index contributed by atoms with van der Waals surface area (Å²) in [5.41, 5.74) is 2.13. The van der Waals surface area contributed by atoms with E-state index in [1.165, 1.54) is 18.2 Å². The van der Waals surface area contributed by atoms with Crippen LogP contribution in [0, 0.1) is 0 Å². The molecule has 3 N–H and O–H groups in total. The Morgan fingerprint density at radius 2 is 1.94 bits per heavy atom. The number of carbonyl (C=O) groups excluding carboxylic acids is 1. The molecule has 6 heteroatoms. The molecule has 0 saturated carbocycles. The van der Waals surface area contributed by atoms with Crippen molar-refractivity contribution in [1.29, 1.82) is 0 Å². The van der Waals surface area contributed by atoms with Gasteiger partial charge in [-0.05, 0) is 52.3 Å². The number of carbonyl (C=O) groups is 1. The molecule has 2 aromatic rings. The van der Waals surface area contributed by atoms with Crippen LogP contribution >= 0.6 is 0 Å². The van der Waals surface area contributed by atoms with Gasteiger partial charge in [0.25, 0.3) is 0 Å². The van der Waals surface area contributed by atoms with E-state index < -0.39 is 11.5 Å². The smallest absolute Gasteiger partial charge is 0.181 e. The number of allylic oxidation sites excluding steroid dienone is 2. The summed E-state index contributed by atoms with van der Waals surface area (Å²) in [5.74, 6) is -0.809. The van der Waals surface area contributed by atoms with E-state index in [2.05, 4.69) is 0 Å². The first-order chi connectivity index (χ1) is 14.6. The van der Waals surface area contributed by atoms with Crippen molar-refractivity contribution in [2.24, 2.45) is 0 Å². The lowest BCUT2D eigenvalue weighted by Gasteiger charge is -2.34. The van der Waals surface area contributed by atoms with Gasteiger partial charge in [0, 0.05) is 17.2 Å². The molecule has 0 aliphatic carbocycles. The molecule has 0 fully saturated rings. The summed E-state index contributed by atoms with van der Waals surface area (Å²) in [6.45, 7) is 7.81. The number of benzene rings is 2. The first kappa shape index (κ1) is 20.8. The van der Waals surface area contributed by atoms with Crippen molar-refractivity contribution in [3.8, 4) is 28.7 Å². The summed E-state index contributed by atoms with van der Waals surface area (Å²) in [5, 5.41) is 30.9. The van der Waals surface area contributed by atoms with E-state index in [9.17, 15) is 20.1 Å². The second-order valence-corrected chi connectivity index (χ2v) is 8.77. The first-order valence-corrected chi connectivity index (χ1v) is 10.2. The molecule has 0 saturated heterocycles. The van der Waals surface area contributed by atoms with Gasteiger partial charge in [-0.1, -0.05) is 17.7 Å². The van der Waals surface area contributed by atoms with Crippen LogP contribution in [0.25, 0.3) is 6.08 Å². The molecule has 162 valence electrons. The van der Waals surface area contributed by atoms with Gasteiger partial charge in [0.15, 0.2) is 5.78 Å². The lowest BCUT2D eigenvalue weighted by molar-refractivity contribution is 0.0887. The van der Waals surface area contributed by atoms with Crippen LogP contribution in [0.3, 0.4) is 0 Å². The van der Waals surface area contributed by atoms with Crippen molar-refractivity contribution in [3.05, 3.63) is 58.2 Å². The SMILES string of the molecule is CC(C)=CCc1c2c(c(O)c3c1OC[C@H](c1ccc(O)cc1O)C3=O)C=CC(C)(C)O2. The Balaban J connectivity index is 1.90. The van der Waals surface area contributed by atoms with Gasteiger partial charge < -0.3 is 24.8 Å². The van der Waals surface area contributed by atoms with Crippen molar-refractivity contribution < 1.29 is 29.6 Å². The number of ketones is 1. The minimum Gasteiger partial charge on any atom is -0.508 e. The predicted octanol–water partition coefficient (Wildman–Crippen LogP) is 4.86. The maximum atomic E-state index is 13.5. The minimum atomic E-state index is -0.807. The second kappa shape index (κ2) is 7.38. The summed E-state index contributed by atoms with van der Waals surface area (Å²) >= 11 is 0. The van der Waals surface area contributed by atoms with Crippen LogP contribution in [0.15, 0.2) is 35.9 Å². The van der Waals surface area contributed by atoms with E-state index >= 15 is 0 Å². The van der Waals surface area contributed by atoms with Crippen LogP contribution in [-0.4, -0.2) is 33.3 Å². The number of hydrogen-bond donors (Lipinski definition) is 3. The summed E-state index contributed by atoms with van der Waals surface area (Å²) in [4.78, 5) is 13.5. The third-order valence-corrected chi connectivity index (χ3v) is 5.59. The van der Waals surface area contributed by atoms with E-state index in [0.717, 1.165) is 5.57 Å². The molecular formula is C25H26O6. The molecule has 1 atom stereocenters.